The van der Waals surface area contributed by atoms with Crippen molar-refractivity contribution < 1.29 is 14.4 Å². The largest absolute Gasteiger partial charge is 0.507 e. The van der Waals surface area contributed by atoms with Crippen LogP contribution in [-0.2, 0) is 12.8 Å². The number of hydrogen-bond acceptors (Lipinski definition) is 5. The number of non-ortho nitro benzene ring substituents is 1. The third kappa shape index (κ3) is 3.36. The normalized spacial score (nSPS) is 17.9. The summed E-state index contributed by atoms with van der Waals surface area (Å²) < 4.78 is 6.12. The summed E-state index contributed by atoms with van der Waals surface area (Å²) in [6, 6.07) is 21.0. The lowest BCUT2D eigenvalue weighted by atomic mass is 9.71. The molecule has 1 aromatic heterocycles. The van der Waals surface area contributed by atoms with Gasteiger partial charge in [-0.15, -0.1) is 0 Å². The Morgan fingerprint density at radius 3 is 2.26 bits per heavy atom. The van der Waals surface area contributed by atoms with E-state index >= 15 is 0 Å². The van der Waals surface area contributed by atoms with Crippen molar-refractivity contribution in [2.75, 3.05) is 0 Å². The second-order valence-electron chi connectivity index (χ2n) is 7.90. The van der Waals surface area contributed by atoms with Crippen molar-refractivity contribution in [3.05, 3.63) is 116 Å². The quantitative estimate of drug-likeness (QED) is 0.374. The van der Waals surface area contributed by atoms with Crippen LogP contribution < -0.4 is 5.43 Å². The van der Waals surface area contributed by atoms with Gasteiger partial charge >= 0.3 is 0 Å². The molecule has 6 heteroatoms. The van der Waals surface area contributed by atoms with Crippen LogP contribution in [0.25, 0.3) is 11.0 Å². The SMILES string of the molecule is O=c1cc(C2Cc3ccccc3CC2c2ccc([N+](=O)[O-])cc2)oc2cccc(O)c12. The van der Waals surface area contributed by atoms with Gasteiger partial charge in [-0.05, 0) is 47.6 Å². The molecule has 31 heavy (non-hydrogen) atoms. The lowest BCUT2D eigenvalue weighted by Crippen LogP contribution is -2.23. The molecule has 3 aromatic carbocycles. The van der Waals surface area contributed by atoms with E-state index in [0.717, 1.165) is 12.0 Å². The highest BCUT2D eigenvalue weighted by atomic mass is 16.6. The molecule has 0 fully saturated rings. The Balaban J connectivity index is 1.64. The van der Waals surface area contributed by atoms with Gasteiger partial charge in [-0.1, -0.05) is 42.5 Å². The second kappa shape index (κ2) is 7.40. The van der Waals surface area contributed by atoms with E-state index < -0.39 is 4.92 Å². The van der Waals surface area contributed by atoms with Gasteiger partial charge in [-0.3, -0.25) is 14.9 Å². The minimum atomic E-state index is -0.410. The predicted octanol–water partition coefficient (Wildman–Crippen LogP) is 5.07. The molecule has 2 unspecified atom stereocenters. The average molecular weight is 413 g/mol. The van der Waals surface area contributed by atoms with E-state index in [1.54, 1.807) is 24.3 Å². The fourth-order valence-corrected chi connectivity index (χ4v) is 4.60. The van der Waals surface area contributed by atoms with E-state index in [1.165, 1.54) is 35.4 Å². The van der Waals surface area contributed by atoms with Crippen molar-refractivity contribution in [3.8, 4) is 5.75 Å². The molecular formula is C25H19NO5. The Hall–Kier alpha value is -3.93. The number of rotatable bonds is 3. The summed E-state index contributed by atoms with van der Waals surface area (Å²) in [5.74, 6) is 0.337. The molecule has 0 aliphatic heterocycles. The second-order valence-corrected chi connectivity index (χ2v) is 7.90. The lowest BCUT2D eigenvalue weighted by Gasteiger charge is -2.33. The molecule has 0 amide bonds. The third-order valence-electron chi connectivity index (χ3n) is 6.13. The Morgan fingerprint density at radius 1 is 0.903 bits per heavy atom. The first-order valence-electron chi connectivity index (χ1n) is 10.1. The van der Waals surface area contributed by atoms with Gasteiger partial charge in [0.25, 0.3) is 5.69 Å². The van der Waals surface area contributed by atoms with E-state index in [9.17, 15) is 20.0 Å². The number of hydrogen-bond donors (Lipinski definition) is 1. The fourth-order valence-electron chi connectivity index (χ4n) is 4.60. The molecule has 1 aliphatic carbocycles. The summed E-state index contributed by atoms with van der Waals surface area (Å²) in [5, 5.41) is 21.3. The summed E-state index contributed by atoms with van der Waals surface area (Å²) in [6.07, 6.45) is 1.42. The molecule has 5 rings (SSSR count). The summed E-state index contributed by atoms with van der Waals surface area (Å²) in [4.78, 5) is 23.4. The van der Waals surface area contributed by atoms with E-state index in [2.05, 4.69) is 12.1 Å². The number of phenolic OH excluding ortho intramolecular Hbond substituents is 1. The number of nitrogens with zero attached hydrogens (tertiary/aromatic N) is 1. The summed E-state index contributed by atoms with van der Waals surface area (Å²) in [7, 11) is 0. The van der Waals surface area contributed by atoms with Crippen LogP contribution in [0.3, 0.4) is 0 Å². The van der Waals surface area contributed by atoms with Crippen molar-refractivity contribution in [2.45, 2.75) is 24.7 Å². The van der Waals surface area contributed by atoms with Gasteiger partial charge in [0.05, 0.1) is 4.92 Å². The third-order valence-corrected chi connectivity index (χ3v) is 6.13. The molecule has 0 bridgehead atoms. The van der Waals surface area contributed by atoms with Crippen LogP contribution in [0.5, 0.6) is 5.75 Å². The zero-order chi connectivity index (χ0) is 21.5. The Morgan fingerprint density at radius 2 is 1.58 bits per heavy atom. The Bertz CT molecular complexity index is 1360. The Labute approximate surface area is 177 Å². The van der Waals surface area contributed by atoms with E-state index in [-0.39, 0.29) is 34.1 Å². The topological polar surface area (TPSA) is 93.6 Å². The van der Waals surface area contributed by atoms with Crippen LogP contribution in [0.4, 0.5) is 5.69 Å². The predicted molar refractivity (Wildman–Crippen MR) is 117 cm³/mol. The zero-order valence-corrected chi connectivity index (χ0v) is 16.5. The fraction of sp³-hybridized carbons (Fsp3) is 0.160. The minimum absolute atomic E-state index is 0.00591. The van der Waals surface area contributed by atoms with Crippen LogP contribution in [0.1, 0.15) is 34.3 Å². The highest BCUT2D eigenvalue weighted by Gasteiger charge is 2.33. The molecule has 0 saturated carbocycles. The molecule has 0 saturated heterocycles. The van der Waals surface area contributed by atoms with Gasteiger partial charge < -0.3 is 9.52 Å². The van der Waals surface area contributed by atoms with E-state index in [0.29, 0.717) is 17.8 Å². The number of nitro benzene ring substituents is 1. The van der Waals surface area contributed by atoms with Gasteiger partial charge in [0.2, 0.25) is 0 Å². The summed E-state index contributed by atoms with van der Waals surface area (Å²) in [5.41, 5.74) is 3.50. The van der Waals surface area contributed by atoms with Crippen LogP contribution in [0, 0.1) is 10.1 Å². The summed E-state index contributed by atoms with van der Waals surface area (Å²) >= 11 is 0. The molecule has 1 aliphatic rings. The number of nitro groups is 1. The molecule has 2 atom stereocenters. The van der Waals surface area contributed by atoms with Crippen LogP contribution >= 0.6 is 0 Å². The first-order chi connectivity index (χ1) is 15.0. The van der Waals surface area contributed by atoms with Gasteiger partial charge in [0.1, 0.15) is 22.5 Å². The number of phenols is 1. The average Bonchev–Trinajstić information content (AvgIpc) is 2.78. The maximum Gasteiger partial charge on any atom is 0.269 e. The summed E-state index contributed by atoms with van der Waals surface area (Å²) in [6.45, 7) is 0. The molecule has 1 heterocycles. The number of aromatic hydroxyl groups is 1. The zero-order valence-electron chi connectivity index (χ0n) is 16.5. The highest BCUT2D eigenvalue weighted by molar-refractivity contribution is 5.82. The van der Waals surface area contributed by atoms with Crippen molar-refractivity contribution in [3.63, 3.8) is 0 Å². The molecule has 6 nitrogen and oxygen atoms in total. The van der Waals surface area contributed by atoms with Crippen LogP contribution in [-0.4, -0.2) is 10.0 Å². The molecule has 4 aromatic rings. The monoisotopic (exact) mass is 413 g/mol. The van der Waals surface area contributed by atoms with Crippen molar-refractivity contribution in [2.24, 2.45) is 0 Å². The van der Waals surface area contributed by atoms with Gasteiger partial charge in [-0.25, -0.2) is 0 Å². The minimum Gasteiger partial charge on any atom is -0.507 e. The van der Waals surface area contributed by atoms with Gasteiger partial charge in [0, 0.05) is 24.1 Å². The van der Waals surface area contributed by atoms with Crippen molar-refractivity contribution in [1.29, 1.82) is 0 Å². The smallest absolute Gasteiger partial charge is 0.269 e. The maximum atomic E-state index is 12.8. The number of fused-ring (bicyclic) bond motifs is 2. The molecular weight excluding hydrogens is 394 g/mol. The first kappa shape index (κ1) is 19.1. The van der Waals surface area contributed by atoms with Gasteiger partial charge in [-0.2, -0.15) is 0 Å². The van der Waals surface area contributed by atoms with Crippen molar-refractivity contribution >= 4 is 16.7 Å². The number of benzene rings is 3. The Kier molecular flexibility index (Phi) is 4.55. The maximum absolute atomic E-state index is 12.8. The molecule has 1 N–H and O–H groups in total. The van der Waals surface area contributed by atoms with E-state index in [4.69, 9.17) is 4.42 Å². The molecule has 154 valence electrons. The molecule has 0 spiro atoms. The lowest BCUT2D eigenvalue weighted by molar-refractivity contribution is -0.384. The highest BCUT2D eigenvalue weighted by Crippen LogP contribution is 2.43. The first-order valence-corrected chi connectivity index (χ1v) is 10.1. The standard InChI is InChI=1S/C25H19NO5/c27-21-6-3-7-23-25(21)22(28)14-24(31-23)20-13-17-5-2-1-4-16(17)12-19(20)15-8-10-18(11-9-15)26(29)30/h1-11,14,19-20,27H,12-13H2. The van der Waals surface area contributed by atoms with E-state index in [1.807, 2.05) is 12.1 Å². The van der Waals surface area contributed by atoms with Crippen LogP contribution in [0.2, 0.25) is 0 Å². The van der Waals surface area contributed by atoms with Gasteiger partial charge in [0.15, 0.2) is 5.43 Å². The van der Waals surface area contributed by atoms with Crippen LogP contribution in [0.15, 0.2) is 82.0 Å². The van der Waals surface area contributed by atoms with Crippen molar-refractivity contribution in [1.82, 2.24) is 0 Å². The molecule has 0 radical (unpaired) electrons.